The summed E-state index contributed by atoms with van der Waals surface area (Å²) in [5.41, 5.74) is 21.1. The van der Waals surface area contributed by atoms with Gasteiger partial charge in [-0.05, 0) is 75.9 Å². The number of H-pyrrole nitrogens is 1. The summed E-state index contributed by atoms with van der Waals surface area (Å²) >= 11 is 2.18. The van der Waals surface area contributed by atoms with Gasteiger partial charge in [-0.15, -0.1) is 0 Å². The number of halogens is 1. The number of aromatic amines is 1. The second-order valence-electron chi connectivity index (χ2n) is 13.1. The molecule has 5 rings (SSSR count). The molecule has 0 spiro atoms. The molecule has 278 valence electrons. The molecule has 0 saturated heterocycles. The van der Waals surface area contributed by atoms with Crippen molar-refractivity contribution in [2.45, 2.75) is 69.7 Å². The minimum Gasteiger partial charge on any atom is -0.370 e. The number of hydrogen-bond acceptors (Lipinski definition) is 6. The van der Waals surface area contributed by atoms with Crippen molar-refractivity contribution in [1.82, 2.24) is 25.8 Å². The molecular formula is C38H44IN9O5. The third-order valence-corrected chi connectivity index (χ3v) is 9.92. The predicted molar refractivity (Wildman–Crippen MR) is 210 cm³/mol. The van der Waals surface area contributed by atoms with Gasteiger partial charge in [0, 0.05) is 59.9 Å². The van der Waals surface area contributed by atoms with Crippen LogP contribution in [-0.2, 0) is 49.8 Å². The summed E-state index contributed by atoms with van der Waals surface area (Å²) in [5.74, 6) is -2.90. The molecule has 0 fully saturated rings. The van der Waals surface area contributed by atoms with Crippen LogP contribution in [0.25, 0.3) is 10.9 Å². The lowest BCUT2D eigenvalue weighted by atomic mass is 9.92. The van der Waals surface area contributed by atoms with E-state index < -0.39 is 53.7 Å². The minimum absolute atomic E-state index is 0.0876. The Kier molecular flexibility index (Phi) is 13.1. The van der Waals surface area contributed by atoms with E-state index in [-0.39, 0.29) is 44.7 Å². The molecule has 15 heteroatoms. The monoisotopic (exact) mass is 833 g/mol. The highest BCUT2D eigenvalue weighted by atomic mass is 127. The number of primary amides is 1. The van der Waals surface area contributed by atoms with E-state index in [1.807, 2.05) is 72.8 Å². The van der Waals surface area contributed by atoms with E-state index in [2.05, 4.69) is 48.5 Å². The number of amides is 5. The normalized spacial score (nSPS) is 15.4. The van der Waals surface area contributed by atoms with E-state index >= 15 is 0 Å². The van der Waals surface area contributed by atoms with Gasteiger partial charge in [-0.1, -0.05) is 54.6 Å². The quantitative estimate of drug-likeness (QED) is 0.0404. The number of nitrogens with zero attached hydrogens (tertiary/aromatic N) is 2. The van der Waals surface area contributed by atoms with E-state index in [4.69, 9.17) is 17.2 Å². The van der Waals surface area contributed by atoms with Gasteiger partial charge in [0.15, 0.2) is 5.96 Å². The standard InChI is InChI=1S/C38H44IN9O5/c1-22(49)45-32(18-26-20-44-29-10-5-4-9-28(26)29)36(52)47-31(17-23-12-14-27(39)15-13-23)35(51)46-30(11-6-16-43-38(41)42)37(53)48-21-25-8-3-2-7-24(25)19-33(48)34(40)50/h2-5,7-10,12-15,20,30-33,44H,6,11,16-19,21H2,1H3,(H2,40,50)(H,45,49)(H,46,51)(H,47,52)(H4,41,42,43)/t30-,31+,32-,33-/m0/s1. The Balaban J connectivity index is 1.42. The number of aliphatic imine (C=N–C) groups is 1. The Labute approximate surface area is 320 Å². The molecule has 2 heterocycles. The molecule has 0 radical (unpaired) electrons. The Morgan fingerprint density at radius 1 is 0.849 bits per heavy atom. The largest absolute Gasteiger partial charge is 0.370 e. The van der Waals surface area contributed by atoms with Crippen molar-refractivity contribution in [3.8, 4) is 0 Å². The number of carbonyl (C=O) groups excluding carboxylic acids is 5. The molecule has 0 aliphatic carbocycles. The zero-order valence-electron chi connectivity index (χ0n) is 29.3. The van der Waals surface area contributed by atoms with Crippen LogP contribution in [-0.4, -0.2) is 76.1 Å². The van der Waals surface area contributed by atoms with Gasteiger partial charge in [-0.3, -0.25) is 29.0 Å². The predicted octanol–water partition coefficient (Wildman–Crippen LogP) is 1.52. The van der Waals surface area contributed by atoms with Crippen LogP contribution < -0.4 is 33.2 Å². The van der Waals surface area contributed by atoms with Crippen LogP contribution in [0.2, 0.25) is 0 Å². The molecule has 1 aliphatic heterocycles. The van der Waals surface area contributed by atoms with Gasteiger partial charge >= 0.3 is 0 Å². The molecule has 10 N–H and O–H groups in total. The number of fused-ring (bicyclic) bond motifs is 2. The summed E-state index contributed by atoms with van der Waals surface area (Å²) in [6, 6.07) is 18.4. The second-order valence-corrected chi connectivity index (χ2v) is 14.3. The summed E-state index contributed by atoms with van der Waals surface area (Å²) < 4.78 is 0.986. The lowest BCUT2D eigenvalue weighted by Crippen LogP contribution is -2.60. The molecule has 0 bridgehead atoms. The average molecular weight is 834 g/mol. The Bertz CT molecular complexity index is 1990. The fraction of sp³-hybridized carbons (Fsp3) is 0.316. The van der Waals surface area contributed by atoms with Gasteiger partial charge in [0.05, 0.1) is 0 Å². The lowest BCUT2D eigenvalue weighted by molar-refractivity contribution is -0.144. The topological polar surface area (TPSA) is 231 Å². The first-order valence-corrected chi connectivity index (χ1v) is 18.4. The Morgan fingerprint density at radius 3 is 2.17 bits per heavy atom. The van der Waals surface area contributed by atoms with Crippen molar-refractivity contribution in [2.75, 3.05) is 6.54 Å². The fourth-order valence-corrected chi connectivity index (χ4v) is 6.91. The van der Waals surface area contributed by atoms with Crippen molar-refractivity contribution in [1.29, 1.82) is 0 Å². The second kappa shape index (κ2) is 17.9. The van der Waals surface area contributed by atoms with Crippen LogP contribution in [0.1, 0.15) is 42.0 Å². The number of para-hydroxylation sites is 1. The fourth-order valence-electron chi connectivity index (χ4n) is 6.56. The smallest absolute Gasteiger partial charge is 0.246 e. The number of hydrogen-bond donors (Lipinski definition) is 7. The highest BCUT2D eigenvalue weighted by Crippen LogP contribution is 2.25. The summed E-state index contributed by atoms with van der Waals surface area (Å²) in [6.45, 7) is 1.64. The molecule has 53 heavy (non-hydrogen) atoms. The molecule has 0 unspecified atom stereocenters. The van der Waals surface area contributed by atoms with Crippen LogP contribution in [0.4, 0.5) is 0 Å². The number of rotatable bonds is 15. The summed E-state index contributed by atoms with van der Waals surface area (Å²) in [5, 5.41) is 9.37. The third-order valence-electron chi connectivity index (χ3n) is 9.20. The van der Waals surface area contributed by atoms with E-state index in [1.54, 1.807) is 6.20 Å². The number of benzene rings is 3. The zero-order valence-corrected chi connectivity index (χ0v) is 31.5. The van der Waals surface area contributed by atoms with Crippen molar-refractivity contribution in [3.05, 3.63) is 105 Å². The summed E-state index contributed by atoms with van der Waals surface area (Å²) in [4.78, 5) is 76.2. The number of carbonyl (C=O) groups is 5. The van der Waals surface area contributed by atoms with Crippen molar-refractivity contribution in [2.24, 2.45) is 22.2 Å². The van der Waals surface area contributed by atoms with Crippen molar-refractivity contribution >= 4 is 69.0 Å². The molecular weight excluding hydrogens is 789 g/mol. The van der Waals surface area contributed by atoms with E-state index in [1.165, 1.54) is 11.8 Å². The Hall–Kier alpha value is -5.45. The highest BCUT2D eigenvalue weighted by molar-refractivity contribution is 14.1. The van der Waals surface area contributed by atoms with E-state index in [0.29, 0.717) is 6.42 Å². The maximum Gasteiger partial charge on any atom is 0.246 e. The first-order chi connectivity index (χ1) is 25.4. The zero-order chi connectivity index (χ0) is 38.1. The lowest BCUT2D eigenvalue weighted by Gasteiger charge is -2.37. The van der Waals surface area contributed by atoms with E-state index in [0.717, 1.165) is 36.7 Å². The number of guanidine groups is 1. The van der Waals surface area contributed by atoms with Crippen LogP contribution in [0.15, 0.2) is 84.0 Å². The average Bonchev–Trinajstić information content (AvgIpc) is 3.54. The number of nitrogens with two attached hydrogens (primary N) is 3. The van der Waals surface area contributed by atoms with Gasteiger partial charge < -0.3 is 43.0 Å². The SMILES string of the molecule is CC(=O)N[C@@H](Cc1c[nH]c2ccccc12)C(=O)N[C@H](Cc1ccc(I)cc1)C(=O)N[C@@H](CCCN=C(N)N)C(=O)N1Cc2ccccc2C[C@H]1C(N)=O. The van der Waals surface area contributed by atoms with Gasteiger partial charge in [-0.25, -0.2) is 0 Å². The maximum absolute atomic E-state index is 14.3. The molecule has 1 aliphatic rings. The summed E-state index contributed by atoms with van der Waals surface area (Å²) in [7, 11) is 0. The number of aromatic nitrogens is 1. The molecule has 14 nitrogen and oxygen atoms in total. The maximum atomic E-state index is 14.3. The van der Waals surface area contributed by atoms with Gasteiger partial charge in [0.1, 0.15) is 24.2 Å². The molecule has 3 aromatic carbocycles. The number of nitrogens with one attached hydrogen (secondary N) is 4. The van der Waals surface area contributed by atoms with Crippen molar-refractivity contribution in [3.63, 3.8) is 0 Å². The van der Waals surface area contributed by atoms with Crippen molar-refractivity contribution < 1.29 is 24.0 Å². The first-order valence-electron chi connectivity index (χ1n) is 17.3. The summed E-state index contributed by atoms with van der Waals surface area (Å²) in [6.07, 6.45) is 2.72. The van der Waals surface area contributed by atoms with Gasteiger partial charge in [0.25, 0.3) is 0 Å². The first kappa shape index (κ1) is 38.8. The molecule has 4 atom stereocenters. The van der Waals surface area contributed by atoms with Gasteiger partial charge in [0.2, 0.25) is 29.5 Å². The molecule has 5 amide bonds. The highest BCUT2D eigenvalue weighted by Gasteiger charge is 2.38. The Morgan fingerprint density at radius 2 is 1.49 bits per heavy atom. The minimum atomic E-state index is -1.15. The van der Waals surface area contributed by atoms with Crippen LogP contribution in [0.3, 0.4) is 0 Å². The van der Waals surface area contributed by atoms with Crippen LogP contribution in [0, 0.1) is 3.57 Å². The van der Waals surface area contributed by atoms with Gasteiger partial charge in [-0.2, -0.15) is 0 Å². The van der Waals surface area contributed by atoms with Crippen LogP contribution >= 0.6 is 22.6 Å². The molecule has 1 aromatic heterocycles. The molecule has 0 saturated carbocycles. The third kappa shape index (κ3) is 10.3. The van der Waals surface area contributed by atoms with E-state index in [9.17, 15) is 24.0 Å². The molecule has 4 aromatic rings. The van der Waals surface area contributed by atoms with Crippen LogP contribution in [0.5, 0.6) is 0 Å².